The van der Waals surface area contributed by atoms with E-state index in [4.69, 9.17) is 0 Å². The highest BCUT2D eigenvalue weighted by Crippen LogP contribution is 2.38. The van der Waals surface area contributed by atoms with Crippen molar-refractivity contribution < 1.29 is 4.79 Å². The number of rotatable bonds is 3. The van der Waals surface area contributed by atoms with Crippen molar-refractivity contribution >= 4 is 16.9 Å². The first kappa shape index (κ1) is 15.6. The first-order chi connectivity index (χ1) is 11.7. The number of hydrogen-bond donors (Lipinski definition) is 1. The lowest BCUT2D eigenvalue weighted by Gasteiger charge is -2.34. The number of aromatic nitrogens is 2. The number of amides is 1. The molecule has 1 aliphatic carbocycles. The van der Waals surface area contributed by atoms with E-state index in [1.165, 1.54) is 42.3 Å². The third kappa shape index (κ3) is 2.93. The summed E-state index contributed by atoms with van der Waals surface area (Å²) in [5.74, 6) is 0.852. The van der Waals surface area contributed by atoms with Crippen molar-refractivity contribution in [3.8, 4) is 0 Å². The van der Waals surface area contributed by atoms with Gasteiger partial charge >= 0.3 is 0 Å². The average Bonchev–Trinajstić information content (AvgIpc) is 3.23. The Kier molecular flexibility index (Phi) is 4.27. The van der Waals surface area contributed by atoms with E-state index in [9.17, 15) is 4.79 Å². The van der Waals surface area contributed by atoms with Gasteiger partial charge in [-0.05, 0) is 36.5 Å². The first-order valence-electron chi connectivity index (χ1n) is 9.15. The molecule has 5 nitrogen and oxygen atoms in total. The summed E-state index contributed by atoms with van der Waals surface area (Å²) in [6, 6.07) is 4.23. The third-order valence-electron chi connectivity index (χ3n) is 5.67. The number of aromatic amines is 1. The fraction of sp³-hybridized carbons (Fsp3) is 0.579. The fourth-order valence-corrected chi connectivity index (χ4v) is 4.27. The van der Waals surface area contributed by atoms with Crippen LogP contribution in [0, 0.1) is 0 Å². The highest BCUT2D eigenvalue weighted by molar-refractivity contribution is 5.81. The zero-order valence-corrected chi connectivity index (χ0v) is 14.4. The summed E-state index contributed by atoms with van der Waals surface area (Å²) in [7, 11) is 0. The van der Waals surface area contributed by atoms with Crippen molar-refractivity contribution in [1.29, 1.82) is 0 Å². The molecule has 128 valence electrons. The quantitative estimate of drug-likeness (QED) is 0.943. The number of pyridine rings is 1. The van der Waals surface area contributed by atoms with E-state index < -0.39 is 0 Å². The molecular formula is C19H26N4O. The number of nitrogens with zero attached hydrogens (tertiary/aromatic N) is 3. The van der Waals surface area contributed by atoms with E-state index >= 15 is 0 Å². The normalized spacial score (nSPS) is 20.1. The number of hydrogen-bond acceptors (Lipinski definition) is 3. The van der Waals surface area contributed by atoms with Crippen LogP contribution in [0.1, 0.15) is 49.8 Å². The largest absolute Gasteiger partial charge is 0.343 e. The van der Waals surface area contributed by atoms with Crippen LogP contribution >= 0.6 is 0 Å². The summed E-state index contributed by atoms with van der Waals surface area (Å²) in [6.45, 7) is 6.22. The number of carbonyl (C=O) groups excluding carboxylic acids is 1. The molecule has 2 aromatic rings. The Morgan fingerprint density at radius 1 is 1.25 bits per heavy atom. The van der Waals surface area contributed by atoms with Gasteiger partial charge in [-0.25, -0.2) is 4.98 Å². The smallest absolute Gasteiger partial charge is 0.219 e. The van der Waals surface area contributed by atoms with Gasteiger partial charge in [-0.1, -0.05) is 12.8 Å². The topological polar surface area (TPSA) is 52.2 Å². The minimum absolute atomic E-state index is 0.192. The molecule has 1 aliphatic heterocycles. The van der Waals surface area contributed by atoms with Crippen LogP contribution in [0.25, 0.3) is 11.0 Å². The van der Waals surface area contributed by atoms with Crippen molar-refractivity contribution in [2.75, 3.05) is 26.2 Å². The van der Waals surface area contributed by atoms with Crippen LogP contribution in [0.2, 0.25) is 0 Å². The summed E-state index contributed by atoms with van der Waals surface area (Å²) in [5.41, 5.74) is 3.87. The number of fused-ring (bicyclic) bond motifs is 1. The molecule has 1 N–H and O–H groups in total. The maximum absolute atomic E-state index is 11.5. The van der Waals surface area contributed by atoms with E-state index in [1.807, 2.05) is 17.2 Å². The molecule has 0 aromatic carbocycles. The maximum Gasteiger partial charge on any atom is 0.219 e. The highest BCUT2D eigenvalue weighted by atomic mass is 16.2. The summed E-state index contributed by atoms with van der Waals surface area (Å²) in [4.78, 5) is 24.1. The Hall–Kier alpha value is -1.88. The van der Waals surface area contributed by atoms with Crippen molar-refractivity contribution in [2.24, 2.45) is 0 Å². The monoisotopic (exact) mass is 326 g/mol. The van der Waals surface area contributed by atoms with Crippen LogP contribution in [0.3, 0.4) is 0 Å². The van der Waals surface area contributed by atoms with Crippen LogP contribution in [-0.2, 0) is 11.3 Å². The molecule has 1 saturated heterocycles. The molecule has 0 radical (unpaired) electrons. The SMILES string of the molecule is CC(=O)N1CCN(Cc2c(C3CCCC3)[nH]c3ncccc23)CC1. The molecule has 4 rings (SSSR count). The Bertz CT molecular complexity index is 724. The van der Waals surface area contributed by atoms with Gasteiger partial charge in [-0.3, -0.25) is 9.69 Å². The van der Waals surface area contributed by atoms with Crippen LogP contribution in [0.4, 0.5) is 0 Å². The van der Waals surface area contributed by atoms with Gasteiger partial charge in [-0.15, -0.1) is 0 Å². The molecule has 0 spiro atoms. The second kappa shape index (κ2) is 6.55. The van der Waals surface area contributed by atoms with Gasteiger partial charge < -0.3 is 9.88 Å². The molecule has 1 amide bonds. The number of carbonyl (C=O) groups is 1. The summed E-state index contributed by atoms with van der Waals surface area (Å²) < 4.78 is 0. The summed E-state index contributed by atoms with van der Waals surface area (Å²) in [5, 5.41) is 1.27. The van der Waals surface area contributed by atoms with Gasteiger partial charge in [0.15, 0.2) is 0 Å². The van der Waals surface area contributed by atoms with Gasteiger partial charge in [0.25, 0.3) is 0 Å². The van der Waals surface area contributed by atoms with Crippen molar-refractivity contribution in [3.05, 3.63) is 29.6 Å². The molecule has 3 heterocycles. The van der Waals surface area contributed by atoms with Crippen LogP contribution in [-0.4, -0.2) is 51.9 Å². The second-order valence-corrected chi connectivity index (χ2v) is 7.18. The minimum atomic E-state index is 0.192. The van der Waals surface area contributed by atoms with Crippen LogP contribution < -0.4 is 0 Å². The van der Waals surface area contributed by atoms with E-state index in [0.29, 0.717) is 5.92 Å². The zero-order chi connectivity index (χ0) is 16.5. The number of H-pyrrole nitrogens is 1. The predicted octanol–water partition coefficient (Wildman–Crippen LogP) is 2.88. The van der Waals surface area contributed by atoms with Crippen molar-refractivity contribution in [1.82, 2.24) is 19.8 Å². The lowest BCUT2D eigenvalue weighted by Crippen LogP contribution is -2.47. The number of nitrogens with one attached hydrogen (secondary N) is 1. The van der Waals surface area contributed by atoms with Crippen molar-refractivity contribution in [3.63, 3.8) is 0 Å². The molecule has 2 fully saturated rings. The first-order valence-corrected chi connectivity index (χ1v) is 9.15. The molecule has 1 saturated carbocycles. The van der Waals surface area contributed by atoms with Crippen LogP contribution in [0.15, 0.2) is 18.3 Å². The zero-order valence-electron chi connectivity index (χ0n) is 14.4. The molecule has 2 aliphatic rings. The summed E-state index contributed by atoms with van der Waals surface area (Å²) in [6.07, 6.45) is 7.12. The van der Waals surface area contributed by atoms with Gasteiger partial charge in [0.1, 0.15) is 5.65 Å². The molecule has 2 aromatic heterocycles. The molecular weight excluding hydrogens is 300 g/mol. The van der Waals surface area contributed by atoms with Gasteiger partial charge in [0, 0.05) is 56.9 Å². The van der Waals surface area contributed by atoms with Crippen molar-refractivity contribution in [2.45, 2.75) is 45.1 Å². The molecule has 5 heteroatoms. The number of piperazine rings is 1. The third-order valence-corrected chi connectivity index (χ3v) is 5.67. The minimum Gasteiger partial charge on any atom is -0.343 e. The van der Waals surface area contributed by atoms with Gasteiger partial charge in [0.05, 0.1) is 0 Å². The predicted molar refractivity (Wildman–Crippen MR) is 94.8 cm³/mol. The van der Waals surface area contributed by atoms with Crippen LogP contribution in [0.5, 0.6) is 0 Å². The lowest BCUT2D eigenvalue weighted by molar-refractivity contribution is -0.130. The maximum atomic E-state index is 11.5. The van der Waals surface area contributed by atoms with E-state index in [1.54, 1.807) is 6.92 Å². The molecule has 0 atom stereocenters. The lowest BCUT2D eigenvalue weighted by atomic mass is 9.98. The Labute approximate surface area is 143 Å². The van der Waals surface area contributed by atoms with Gasteiger partial charge in [0.2, 0.25) is 5.91 Å². The van der Waals surface area contributed by atoms with E-state index in [0.717, 1.165) is 38.4 Å². The molecule has 24 heavy (non-hydrogen) atoms. The van der Waals surface area contributed by atoms with Gasteiger partial charge in [-0.2, -0.15) is 0 Å². The highest BCUT2D eigenvalue weighted by Gasteiger charge is 2.26. The van der Waals surface area contributed by atoms with E-state index in [-0.39, 0.29) is 5.91 Å². The van der Waals surface area contributed by atoms with E-state index in [2.05, 4.69) is 20.9 Å². The Balaban J connectivity index is 1.58. The standard InChI is InChI=1S/C19H26N4O/c1-14(24)23-11-9-22(10-12-23)13-17-16-7-4-8-20-19(16)21-18(17)15-5-2-3-6-15/h4,7-8,15H,2-3,5-6,9-13H2,1H3,(H,20,21). The second-order valence-electron chi connectivity index (χ2n) is 7.18. The Morgan fingerprint density at radius 2 is 2.00 bits per heavy atom. The Morgan fingerprint density at radius 3 is 2.71 bits per heavy atom. The molecule has 0 bridgehead atoms. The fourth-order valence-electron chi connectivity index (χ4n) is 4.27. The summed E-state index contributed by atoms with van der Waals surface area (Å²) >= 11 is 0. The molecule has 0 unspecified atom stereocenters. The average molecular weight is 326 g/mol.